The van der Waals surface area contributed by atoms with Gasteiger partial charge in [0, 0.05) is 20.1 Å². The van der Waals surface area contributed by atoms with Crippen LogP contribution in [0.2, 0.25) is 0 Å². The molecule has 0 saturated carbocycles. The van der Waals surface area contributed by atoms with E-state index in [0.717, 1.165) is 20.9 Å². The highest BCUT2D eigenvalue weighted by Crippen LogP contribution is 2.24. The maximum Gasteiger partial charge on any atom is 0.194 e. The van der Waals surface area contributed by atoms with Crippen molar-refractivity contribution in [2.45, 2.75) is 13.3 Å². The summed E-state index contributed by atoms with van der Waals surface area (Å²) in [7, 11) is 0. The fourth-order valence-corrected chi connectivity index (χ4v) is 2.95. The van der Waals surface area contributed by atoms with Gasteiger partial charge in [0.05, 0.1) is 0 Å². The standard InChI is InChI=1S/C15H12Br2O/c1-2-10-3-5-11(6-4-10)15(18)13-8-7-12(16)9-14(13)17/h3-9H,2H2,1H3. The molecule has 0 aliphatic carbocycles. The van der Waals surface area contributed by atoms with Crippen LogP contribution in [0.25, 0.3) is 0 Å². The predicted octanol–water partition coefficient (Wildman–Crippen LogP) is 5.01. The third-order valence-electron chi connectivity index (χ3n) is 2.80. The SMILES string of the molecule is CCc1ccc(C(=O)c2ccc(Br)cc2Br)cc1. The van der Waals surface area contributed by atoms with Gasteiger partial charge in [0.15, 0.2) is 5.78 Å². The average molecular weight is 368 g/mol. The Morgan fingerprint density at radius 1 is 1.06 bits per heavy atom. The molecule has 1 nitrogen and oxygen atoms in total. The van der Waals surface area contributed by atoms with Gasteiger partial charge in [-0.2, -0.15) is 0 Å². The maximum atomic E-state index is 12.3. The third-order valence-corrected chi connectivity index (χ3v) is 3.95. The van der Waals surface area contributed by atoms with Crippen LogP contribution in [0, 0.1) is 0 Å². The van der Waals surface area contributed by atoms with E-state index in [0.29, 0.717) is 5.56 Å². The van der Waals surface area contributed by atoms with Gasteiger partial charge in [-0.1, -0.05) is 47.1 Å². The van der Waals surface area contributed by atoms with Crippen LogP contribution in [0.15, 0.2) is 51.4 Å². The number of hydrogen-bond acceptors (Lipinski definition) is 1. The van der Waals surface area contributed by atoms with Gasteiger partial charge in [-0.15, -0.1) is 0 Å². The van der Waals surface area contributed by atoms with Gasteiger partial charge in [0.2, 0.25) is 0 Å². The highest BCUT2D eigenvalue weighted by molar-refractivity contribution is 9.11. The molecule has 3 heteroatoms. The van der Waals surface area contributed by atoms with Crippen molar-refractivity contribution >= 4 is 37.6 Å². The Balaban J connectivity index is 2.35. The molecule has 0 atom stereocenters. The summed E-state index contributed by atoms with van der Waals surface area (Å²) in [5, 5.41) is 0. The van der Waals surface area contributed by atoms with Crippen LogP contribution in [0.4, 0.5) is 0 Å². The second-order valence-electron chi connectivity index (χ2n) is 4.00. The Morgan fingerprint density at radius 2 is 1.72 bits per heavy atom. The molecule has 0 saturated heterocycles. The lowest BCUT2D eigenvalue weighted by Gasteiger charge is -2.05. The predicted molar refractivity (Wildman–Crippen MR) is 81.1 cm³/mol. The highest BCUT2D eigenvalue weighted by Gasteiger charge is 2.12. The number of carbonyl (C=O) groups excluding carboxylic acids is 1. The van der Waals surface area contributed by atoms with E-state index in [-0.39, 0.29) is 5.78 Å². The van der Waals surface area contributed by atoms with E-state index in [1.165, 1.54) is 5.56 Å². The number of benzene rings is 2. The molecular formula is C15H12Br2O. The van der Waals surface area contributed by atoms with Crippen molar-refractivity contribution in [3.05, 3.63) is 68.1 Å². The molecule has 0 spiro atoms. The summed E-state index contributed by atoms with van der Waals surface area (Å²) in [6, 6.07) is 13.3. The van der Waals surface area contributed by atoms with Crippen LogP contribution in [-0.2, 0) is 6.42 Å². The number of hydrogen-bond donors (Lipinski definition) is 0. The van der Waals surface area contributed by atoms with Gasteiger partial charge in [0.1, 0.15) is 0 Å². The van der Waals surface area contributed by atoms with Crippen LogP contribution in [0.3, 0.4) is 0 Å². The number of ketones is 1. The number of carbonyl (C=O) groups is 1. The zero-order chi connectivity index (χ0) is 13.1. The summed E-state index contributed by atoms with van der Waals surface area (Å²) in [6.07, 6.45) is 0.983. The van der Waals surface area contributed by atoms with Crippen LogP contribution in [-0.4, -0.2) is 5.78 Å². The quantitative estimate of drug-likeness (QED) is 0.697. The molecule has 0 N–H and O–H groups in total. The normalized spacial score (nSPS) is 10.4. The van der Waals surface area contributed by atoms with Gasteiger partial charge in [0.25, 0.3) is 0 Å². The van der Waals surface area contributed by atoms with Crippen molar-refractivity contribution in [1.29, 1.82) is 0 Å². The molecule has 0 fully saturated rings. The van der Waals surface area contributed by atoms with Gasteiger partial charge < -0.3 is 0 Å². The lowest BCUT2D eigenvalue weighted by Crippen LogP contribution is -2.02. The molecular weight excluding hydrogens is 356 g/mol. The van der Waals surface area contributed by atoms with Crippen molar-refractivity contribution in [2.24, 2.45) is 0 Å². The molecule has 0 amide bonds. The Kier molecular flexibility index (Phi) is 4.36. The molecule has 0 aliphatic rings. The summed E-state index contributed by atoms with van der Waals surface area (Å²) >= 11 is 6.80. The largest absolute Gasteiger partial charge is 0.289 e. The van der Waals surface area contributed by atoms with E-state index >= 15 is 0 Å². The molecule has 2 aromatic rings. The minimum absolute atomic E-state index is 0.0389. The van der Waals surface area contributed by atoms with E-state index in [1.54, 1.807) is 0 Å². The van der Waals surface area contributed by atoms with Gasteiger partial charge in [-0.3, -0.25) is 4.79 Å². The van der Waals surface area contributed by atoms with E-state index < -0.39 is 0 Å². The van der Waals surface area contributed by atoms with Crippen LogP contribution >= 0.6 is 31.9 Å². The van der Waals surface area contributed by atoms with E-state index in [9.17, 15) is 4.79 Å². The number of aryl methyl sites for hydroxylation is 1. The molecule has 0 unspecified atom stereocenters. The molecule has 0 aliphatic heterocycles. The van der Waals surface area contributed by atoms with Crippen molar-refractivity contribution in [3.63, 3.8) is 0 Å². The van der Waals surface area contributed by atoms with E-state index in [2.05, 4.69) is 38.8 Å². The van der Waals surface area contributed by atoms with Crippen LogP contribution in [0.5, 0.6) is 0 Å². The number of rotatable bonds is 3. The minimum atomic E-state index is 0.0389. The lowest BCUT2D eigenvalue weighted by molar-refractivity contribution is 0.103. The first-order chi connectivity index (χ1) is 8.61. The number of halogens is 2. The second-order valence-corrected chi connectivity index (χ2v) is 5.77. The first-order valence-electron chi connectivity index (χ1n) is 5.70. The van der Waals surface area contributed by atoms with Crippen LogP contribution < -0.4 is 0 Å². The molecule has 0 aromatic heterocycles. The van der Waals surface area contributed by atoms with Crippen molar-refractivity contribution in [1.82, 2.24) is 0 Å². The van der Waals surface area contributed by atoms with Crippen molar-refractivity contribution in [2.75, 3.05) is 0 Å². The van der Waals surface area contributed by atoms with Gasteiger partial charge >= 0.3 is 0 Å². The fourth-order valence-electron chi connectivity index (χ4n) is 1.72. The molecule has 92 valence electrons. The first kappa shape index (κ1) is 13.5. The molecule has 0 heterocycles. The molecule has 18 heavy (non-hydrogen) atoms. The van der Waals surface area contributed by atoms with E-state index in [4.69, 9.17) is 0 Å². The zero-order valence-corrected chi connectivity index (χ0v) is 13.1. The summed E-state index contributed by atoms with van der Waals surface area (Å²) in [5.41, 5.74) is 2.64. The molecule has 0 bridgehead atoms. The fraction of sp³-hybridized carbons (Fsp3) is 0.133. The maximum absolute atomic E-state index is 12.3. The molecule has 2 rings (SSSR count). The van der Waals surface area contributed by atoms with E-state index in [1.807, 2.05) is 42.5 Å². The van der Waals surface area contributed by atoms with Crippen LogP contribution in [0.1, 0.15) is 28.4 Å². The Morgan fingerprint density at radius 3 is 2.28 bits per heavy atom. The smallest absolute Gasteiger partial charge is 0.194 e. The molecule has 2 aromatic carbocycles. The summed E-state index contributed by atoms with van der Waals surface area (Å²) in [6.45, 7) is 2.10. The Labute approximate surface area is 123 Å². The zero-order valence-electron chi connectivity index (χ0n) is 9.91. The Bertz CT molecular complexity index is 574. The Hall–Kier alpha value is -0.930. The van der Waals surface area contributed by atoms with Gasteiger partial charge in [-0.05, 0) is 46.1 Å². The van der Waals surface area contributed by atoms with Crippen molar-refractivity contribution in [3.8, 4) is 0 Å². The molecule has 0 radical (unpaired) electrons. The first-order valence-corrected chi connectivity index (χ1v) is 7.29. The van der Waals surface area contributed by atoms with Crippen molar-refractivity contribution < 1.29 is 4.79 Å². The summed E-state index contributed by atoms with van der Waals surface area (Å²) in [4.78, 5) is 12.3. The summed E-state index contributed by atoms with van der Waals surface area (Å²) < 4.78 is 1.76. The summed E-state index contributed by atoms with van der Waals surface area (Å²) in [5.74, 6) is 0.0389. The second kappa shape index (κ2) is 5.81. The monoisotopic (exact) mass is 366 g/mol. The van der Waals surface area contributed by atoms with Gasteiger partial charge in [-0.25, -0.2) is 0 Å². The topological polar surface area (TPSA) is 17.1 Å². The average Bonchev–Trinajstić information content (AvgIpc) is 2.38. The lowest BCUT2D eigenvalue weighted by atomic mass is 10.0. The third kappa shape index (κ3) is 2.90. The minimum Gasteiger partial charge on any atom is -0.289 e. The highest BCUT2D eigenvalue weighted by atomic mass is 79.9.